The third-order valence-corrected chi connectivity index (χ3v) is 6.04. The van der Waals surface area contributed by atoms with Crippen molar-refractivity contribution in [3.05, 3.63) is 82.9 Å². The monoisotopic (exact) mass is 484 g/mol. The van der Waals surface area contributed by atoms with E-state index in [-0.39, 0.29) is 28.1 Å². The molecule has 0 saturated heterocycles. The summed E-state index contributed by atoms with van der Waals surface area (Å²) in [5.74, 6) is -1.09. The van der Waals surface area contributed by atoms with E-state index in [0.717, 1.165) is 4.90 Å². The first-order valence-electron chi connectivity index (χ1n) is 9.82. The van der Waals surface area contributed by atoms with E-state index in [4.69, 9.17) is 21.4 Å². The van der Waals surface area contributed by atoms with Crippen LogP contribution in [0, 0.1) is 0 Å². The first kappa shape index (κ1) is 24.2. The van der Waals surface area contributed by atoms with E-state index in [2.05, 4.69) is 10.6 Å². The number of hydrogen-bond donors (Lipinski definition) is 3. The average molecular weight is 485 g/mol. The maximum absolute atomic E-state index is 12.6. The minimum atomic E-state index is -1.11. The van der Waals surface area contributed by atoms with E-state index in [1.54, 1.807) is 55.5 Å². The summed E-state index contributed by atoms with van der Waals surface area (Å²) in [4.78, 5) is 37.0. The van der Waals surface area contributed by atoms with Crippen LogP contribution in [-0.2, 0) is 4.79 Å². The standard InChI is InChI=1S/C24H21ClN2O5S/c1-14(22(28)27-21-13-16(24(30)31)6-11-20(21)25)33-19-9-7-17(8-10-19)26-23(29)15-4-3-5-18(12-15)32-2/h3-14H,1-2H3,(H,26,29)(H,27,28)(H,30,31). The van der Waals surface area contributed by atoms with Crippen LogP contribution in [0.2, 0.25) is 5.02 Å². The predicted molar refractivity (Wildman–Crippen MR) is 130 cm³/mol. The summed E-state index contributed by atoms with van der Waals surface area (Å²) < 4.78 is 5.14. The first-order chi connectivity index (χ1) is 15.8. The fourth-order valence-electron chi connectivity index (χ4n) is 2.83. The van der Waals surface area contributed by atoms with Crippen molar-refractivity contribution in [2.24, 2.45) is 0 Å². The molecule has 2 amide bonds. The van der Waals surface area contributed by atoms with Gasteiger partial charge in [0.15, 0.2) is 0 Å². The number of amides is 2. The van der Waals surface area contributed by atoms with Crippen LogP contribution in [0.3, 0.4) is 0 Å². The SMILES string of the molecule is COc1cccc(C(=O)Nc2ccc(SC(C)C(=O)Nc3cc(C(=O)O)ccc3Cl)cc2)c1. The Kier molecular flexibility index (Phi) is 7.97. The number of hydrogen-bond acceptors (Lipinski definition) is 5. The van der Waals surface area contributed by atoms with Crippen molar-refractivity contribution in [2.45, 2.75) is 17.1 Å². The summed E-state index contributed by atoms with van der Waals surface area (Å²) in [6.07, 6.45) is 0. The summed E-state index contributed by atoms with van der Waals surface area (Å²) in [6, 6.07) is 18.1. The van der Waals surface area contributed by atoms with Crippen LogP contribution in [0.25, 0.3) is 0 Å². The molecule has 0 bridgehead atoms. The minimum Gasteiger partial charge on any atom is -0.497 e. The van der Waals surface area contributed by atoms with Crippen molar-refractivity contribution in [1.82, 2.24) is 0 Å². The lowest BCUT2D eigenvalue weighted by Gasteiger charge is -2.14. The van der Waals surface area contributed by atoms with Crippen molar-refractivity contribution >= 4 is 52.5 Å². The molecule has 0 saturated carbocycles. The Morgan fingerprint density at radius 1 is 0.970 bits per heavy atom. The molecule has 0 spiro atoms. The van der Waals surface area contributed by atoms with E-state index in [9.17, 15) is 14.4 Å². The van der Waals surface area contributed by atoms with Crippen molar-refractivity contribution in [1.29, 1.82) is 0 Å². The molecular formula is C24H21ClN2O5S. The normalized spacial score (nSPS) is 11.4. The summed E-state index contributed by atoms with van der Waals surface area (Å²) in [5.41, 5.74) is 1.36. The van der Waals surface area contributed by atoms with Crippen LogP contribution in [0.1, 0.15) is 27.6 Å². The lowest BCUT2D eigenvalue weighted by Crippen LogP contribution is -2.22. The molecule has 3 N–H and O–H groups in total. The van der Waals surface area contributed by atoms with E-state index in [0.29, 0.717) is 17.0 Å². The Morgan fingerprint density at radius 2 is 1.70 bits per heavy atom. The zero-order chi connectivity index (χ0) is 24.0. The van der Waals surface area contributed by atoms with Gasteiger partial charge in [-0.15, -0.1) is 11.8 Å². The highest BCUT2D eigenvalue weighted by Gasteiger charge is 2.17. The van der Waals surface area contributed by atoms with Gasteiger partial charge < -0.3 is 20.5 Å². The number of ether oxygens (including phenoxy) is 1. The van der Waals surface area contributed by atoms with Crippen LogP contribution in [0.15, 0.2) is 71.6 Å². The third-order valence-electron chi connectivity index (χ3n) is 4.60. The lowest BCUT2D eigenvalue weighted by atomic mass is 10.2. The number of thioether (sulfide) groups is 1. The summed E-state index contributed by atoms with van der Waals surface area (Å²) >= 11 is 7.39. The van der Waals surface area contributed by atoms with Gasteiger partial charge in [0.2, 0.25) is 5.91 Å². The van der Waals surface area contributed by atoms with Gasteiger partial charge >= 0.3 is 5.97 Å². The smallest absolute Gasteiger partial charge is 0.335 e. The van der Waals surface area contributed by atoms with Crippen LogP contribution in [0.5, 0.6) is 5.75 Å². The Labute approximate surface area is 200 Å². The number of halogens is 1. The third kappa shape index (κ3) is 6.50. The number of nitrogens with one attached hydrogen (secondary N) is 2. The minimum absolute atomic E-state index is 0.0292. The van der Waals surface area contributed by atoms with Crippen LogP contribution in [-0.4, -0.2) is 35.2 Å². The predicted octanol–water partition coefficient (Wildman–Crippen LogP) is 5.42. The van der Waals surface area contributed by atoms with Crippen molar-refractivity contribution < 1.29 is 24.2 Å². The molecule has 1 atom stereocenters. The van der Waals surface area contributed by atoms with Crippen molar-refractivity contribution in [2.75, 3.05) is 17.7 Å². The van der Waals surface area contributed by atoms with Gasteiger partial charge in [-0.2, -0.15) is 0 Å². The average Bonchev–Trinajstić information content (AvgIpc) is 2.81. The highest BCUT2D eigenvalue weighted by atomic mass is 35.5. The molecule has 0 aliphatic carbocycles. The number of rotatable bonds is 8. The van der Waals surface area contributed by atoms with Gasteiger partial charge in [-0.25, -0.2) is 4.79 Å². The number of carboxylic acid groups (broad SMARTS) is 1. The van der Waals surface area contributed by atoms with E-state index in [1.807, 2.05) is 0 Å². The van der Waals surface area contributed by atoms with E-state index in [1.165, 1.54) is 37.1 Å². The van der Waals surface area contributed by atoms with Gasteiger partial charge in [0.25, 0.3) is 5.91 Å². The molecule has 0 fully saturated rings. The molecule has 3 aromatic carbocycles. The van der Waals surface area contributed by atoms with Crippen LogP contribution >= 0.6 is 23.4 Å². The molecule has 0 heterocycles. The second kappa shape index (κ2) is 10.9. The second-order valence-corrected chi connectivity index (χ2v) is 8.78. The number of carbonyl (C=O) groups excluding carboxylic acids is 2. The van der Waals surface area contributed by atoms with E-state index < -0.39 is 11.2 Å². The number of carboxylic acids is 1. The summed E-state index contributed by atoms with van der Waals surface area (Å²) in [7, 11) is 1.54. The maximum Gasteiger partial charge on any atom is 0.335 e. The molecule has 33 heavy (non-hydrogen) atoms. The highest BCUT2D eigenvalue weighted by molar-refractivity contribution is 8.00. The number of carbonyl (C=O) groups is 3. The van der Waals surface area contributed by atoms with Gasteiger partial charge in [-0.05, 0) is 67.6 Å². The topological polar surface area (TPSA) is 105 Å². The van der Waals surface area contributed by atoms with Crippen molar-refractivity contribution in [3.8, 4) is 5.75 Å². The zero-order valence-corrected chi connectivity index (χ0v) is 19.4. The van der Waals surface area contributed by atoms with Gasteiger partial charge in [0, 0.05) is 16.1 Å². The van der Waals surface area contributed by atoms with Gasteiger partial charge in [-0.3, -0.25) is 9.59 Å². The van der Waals surface area contributed by atoms with Crippen molar-refractivity contribution in [3.63, 3.8) is 0 Å². The summed E-state index contributed by atoms with van der Waals surface area (Å²) in [5, 5.41) is 14.4. The Balaban J connectivity index is 1.60. The highest BCUT2D eigenvalue weighted by Crippen LogP contribution is 2.28. The number of anilines is 2. The molecule has 170 valence electrons. The molecule has 0 radical (unpaired) electrons. The Bertz CT molecular complexity index is 1180. The zero-order valence-electron chi connectivity index (χ0n) is 17.8. The Morgan fingerprint density at radius 3 is 2.36 bits per heavy atom. The number of benzene rings is 3. The van der Waals surface area contributed by atoms with Gasteiger partial charge in [0.1, 0.15) is 5.75 Å². The van der Waals surface area contributed by atoms with Crippen LogP contribution in [0.4, 0.5) is 11.4 Å². The van der Waals surface area contributed by atoms with E-state index >= 15 is 0 Å². The molecule has 1 unspecified atom stereocenters. The largest absolute Gasteiger partial charge is 0.497 e. The molecule has 7 nitrogen and oxygen atoms in total. The fraction of sp³-hybridized carbons (Fsp3) is 0.125. The molecule has 3 aromatic rings. The number of methoxy groups -OCH3 is 1. The molecule has 3 rings (SSSR count). The molecule has 0 aliphatic heterocycles. The van der Waals surface area contributed by atoms with Gasteiger partial charge in [-0.1, -0.05) is 17.7 Å². The summed E-state index contributed by atoms with van der Waals surface area (Å²) in [6.45, 7) is 1.73. The fourth-order valence-corrected chi connectivity index (χ4v) is 3.86. The Hall–Kier alpha value is -3.49. The number of aromatic carboxylic acids is 1. The first-order valence-corrected chi connectivity index (χ1v) is 11.1. The quantitative estimate of drug-likeness (QED) is 0.369. The van der Waals surface area contributed by atoms with Gasteiger partial charge in [0.05, 0.1) is 28.6 Å². The molecule has 9 heteroatoms. The molecular weight excluding hydrogens is 464 g/mol. The molecule has 0 aliphatic rings. The maximum atomic E-state index is 12.6. The second-order valence-electron chi connectivity index (χ2n) is 6.96. The lowest BCUT2D eigenvalue weighted by molar-refractivity contribution is -0.115. The van der Waals surface area contributed by atoms with Crippen LogP contribution < -0.4 is 15.4 Å². The molecule has 0 aromatic heterocycles.